The number of hydrogen-bond acceptors (Lipinski definition) is 3. The van der Waals surface area contributed by atoms with Crippen LogP contribution in [0, 0.1) is 29.1 Å². The molecular weight excluding hydrogens is 459 g/mol. The highest BCUT2D eigenvalue weighted by Gasteiger charge is 2.43. The van der Waals surface area contributed by atoms with Crippen LogP contribution in [0.4, 0.5) is 22.0 Å². The van der Waals surface area contributed by atoms with E-state index < -0.39 is 41.4 Å². The fourth-order valence-corrected chi connectivity index (χ4v) is 2.65. The SMILES string of the molecule is CC(C)(C(F)F)[C@H](NC(=O)c1ccc(C#CC#Cc2ccc(C(F)(F)F)cc2)cc1)C(=O)NO. The van der Waals surface area contributed by atoms with Gasteiger partial charge in [-0.25, -0.2) is 14.3 Å². The number of hydroxylamine groups is 1. The van der Waals surface area contributed by atoms with Gasteiger partial charge in [0.15, 0.2) is 0 Å². The van der Waals surface area contributed by atoms with E-state index >= 15 is 0 Å². The van der Waals surface area contributed by atoms with Crippen LogP contribution in [0.15, 0.2) is 48.5 Å². The Hall–Kier alpha value is -3.89. The fraction of sp³-hybridized carbons (Fsp3) is 0.250. The van der Waals surface area contributed by atoms with Gasteiger partial charge in [-0.2, -0.15) is 13.2 Å². The molecule has 0 saturated heterocycles. The third kappa shape index (κ3) is 6.80. The second-order valence-corrected chi connectivity index (χ2v) is 7.66. The van der Waals surface area contributed by atoms with E-state index in [1.807, 2.05) is 0 Å². The van der Waals surface area contributed by atoms with Crippen molar-refractivity contribution in [1.82, 2.24) is 10.8 Å². The fourth-order valence-electron chi connectivity index (χ4n) is 2.65. The van der Waals surface area contributed by atoms with E-state index in [1.54, 1.807) is 0 Å². The van der Waals surface area contributed by atoms with Crippen molar-refractivity contribution in [3.05, 3.63) is 70.8 Å². The van der Waals surface area contributed by atoms with E-state index in [1.165, 1.54) is 41.9 Å². The molecule has 178 valence electrons. The summed E-state index contributed by atoms with van der Waals surface area (Å²) in [7, 11) is 0. The summed E-state index contributed by atoms with van der Waals surface area (Å²) < 4.78 is 64.3. The van der Waals surface area contributed by atoms with E-state index in [9.17, 15) is 31.5 Å². The normalized spacial score (nSPS) is 12.0. The zero-order valence-corrected chi connectivity index (χ0v) is 17.9. The number of benzene rings is 2. The van der Waals surface area contributed by atoms with E-state index in [0.29, 0.717) is 11.1 Å². The monoisotopic (exact) mass is 478 g/mol. The molecule has 2 aromatic carbocycles. The molecule has 0 saturated carbocycles. The third-order valence-electron chi connectivity index (χ3n) is 4.79. The summed E-state index contributed by atoms with van der Waals surface area (Å²) in [6.07, 6.45) is -7.39. The first kappa shape index (κ1) is 26.4. The molecule has 0 fully saturated rings. The number of alkyl halides is 5. The first-order valence-corrected chi connectivity index (χ1v) is 9.68. The van der Waals surface area contributed by atoms with Gasteiger partial charge in [0.25, 0.3) is 11.8 Å². The standard InChI is InChI=1S/C24H19F5N2O3/c1-23(2,22(25)26)19(21(33)31-34)30-20(32)17-11-7-15(8-12-17)5-3-4-6-16-9-13-18(14-10-16)24(27,28)29/h7-14,19,22,34H,1-2H3,(H,30,32)(H,31,33)/t19-/m1/s1. The molecular formula is C24H19F5N2O3. The lowest BCUT2D eigenvalue weighted by Crippen LogP contribution is -2.56. The Bertz CT molecular complexity index is 1150. The van der Waals surface area contributed by atoms with Crippen LogP contribution in [-0.4, -0.2) is 29.5 Å². The van der Waals surface area contributed by atoms with Crippen LogP contribution >= 0.6 is 0 Å². The molecule has 0 spiro atoms. The number of carbonyl (C=O) groups excluding carboxylic acids is 2. The van der Waals surface area contributed by atoms with Crippen LogP contribution in [0.3, 0.4) is 0 Å². The minimum atomic E-state index is -4.43. The molecule has 0 unspecified atom stereocenters. The van der Waals surface area contributed by atoms with Gasteiger partial charge >= 0.3 is 6.18 Å². The van der Waals surface area contributed by atoms with Crippen LogP contribution in [0.5, 0.6) is 0 Å². The minimum Gasteiger partial charge on any atom is -0.339 e. The second kappa shape index (κ2) is 10.8. The number of rotatable bonds is 5. The highest BCUT2D eigenvalue weighted by Crippen LogP contribution is 2.30. The summed E-state index contributed by atoms with van der Waals surface area (Å²) in [6.45, 7) is 2.14. The van der Waals surface area contributed by atoms with Gasteiger partial charge in [-0.15, -0.1) is 0 Å². The van der Waals surface area contributed by atoms with Crippen molar-refractivity contribution in [3.63, 3.8) is 0 Å². The molecule has 0 aromatic heterocycles. The van der Waals surface area contributed by atoms with Gasteiger partial charge in [0.1, 0.15) is 6.04 Å². The zero-order chi connectivity index (χ0) is 25.5. The van der Waals surface area contributed by atoms with E-state index in [4.69, 9.17) is 5.21 Å². The average molecular weight is 478 g/mol. The number of amides is 2. The Morgan fingerprint density at radius 3 is 1.76 bits per heavy atom. The highest BCUT2D eigenvalue weighted by molar-refractivity contribution is 5.97. The Morgan fingerprint density at radius 2 is 1.35 bits per heavy atom. The molecule has 0 aliphatic carbocycles. The zero-order valence-electron chi connectivity index (χ0n) is 17.9. The summed E-state index contributed by atoms with van der Waals surface area (Å²) in [4.78, 5) is 24.2. The molecule has 0 bridgehead atoms. The van der Waals surface area contributed by atoms with Crippen molar-refractivity contribution in [3.8, 4) is 23.7 Å². The van der Waals surface area contributed by atoms with Gasteiger partial charge in [0.2, 0.25) is 6.43 Å². The van der Waals surface area contributed by atoms with Gasteiger partial charge in [-0.3, -0.25) is 14.8 Å². The largest absolute Gasteiger partial charge is 0.416 e. The Labute approximate surface area is 192 Å². The summed E-state index contributed by atoms with van der Waals surface area (Å²) in [6, 6.07) is 8.20. The molecule has 0 aliphatic rings. The molecule has 1 atom stereocenters. The maximum atomic E-state index is 13.3. The van der Waals surface area contributed by atoms with Gasteiger partial charge in [0, 0.05) is 16.7 Å². The molecule has 5 nitrogen and oxygen atoms in total. The number of carbonyl (C=O) groups is 2. The molecule has 2 amide bonds. The van der Waals surface area contributed by atoms with Crippen molar-refractivity contribution < 1.29 is 36.7 Å². The number of nitrogens with one attached hydrogen (secondary N) is 2. The van der Waals surface area contributed by atoms with Gasteiger partial charge in [-0.05, 0) is 60.4 Å². The maximum absolute atomic E-state index is 13.3. The molecule has 0 radical (unpaired) electrons. The van der Waals surface area contributed by atoms with Crippen LogP contribution in [0.25, 0.3) is 0 Å². The van der Waals surface area contributed by atoms with Crippen molar-refractivity contribution in [2.45, 2.75) is 32.5 Å². The lowest BCUT2D eigenvalue weighted by molar-refractivity contribution is -0.138. The first-order valence-electron chi connectivity index (χ1n) is 9.68. The van der Waals surface area contributed by atoms with E-state index in [0.717, 1.165) is 26.0 Å². The molecule has 0 heterocycles. The first-order chi connectivity index (χ1) is 15.9. The van der Waals surface area contributed by atoms with Gasteiger partial charge in [-0.1, -0.05) is 25.7 Å². The lowest BCUT2D eigenvalue weighted by atomic mass is 9.84. The quantitative estimate of drug-likeness (QED) is 0.263. The van der Waals surface area contributed by atoms with E-state index in [-0.39, 0.29) is 5.56 Å². The summed E-state index contributed by atoms with van der Waals surface area (Å²) in [5, 5.41) is 11.0. The maximum Gasteiger partial charge on any atom is 0.416 e. The van der Waals surface area contributed by atoms with Gasteiger partial charge < -0.3 is 5.32 Å². The second-order valence-electron chi connectivity index (χ2n) is 7.66. The van der Waals surface area contributed by atoms with Crippen molar-refractivity contribution >= 4 is 11.8 Å². The van der Waals surface area contributed by atoms with Crippen molar-refractivity contribution in [1.29, 1.82) is 0 Å². The highest BCUT2D eigenvalue weighted by atomic mass is 19.4. The topological polar surface area (TPSA) is 78.4 Å². The van der Waals surface area contributed by atoms with Gasteiger partial charge in [0.05, 0.1) is 11.0 Å². The average Bonchev–Trinajstić information content (AvgIpc) is 2.79. The van der Waals surface area contributed by atoms with Crippen LogP contribution in [0.2, 0.25) is 0 Å². The van der Waals surface area contributed by atoms with Crippen molar-refractivity contribution in [2.75, 3.05) is 0 Å². The summed E-state index contributed by atoms with van der Waals surface area (Å²) in [5.74, 6) is 8.34. The Kier molecular flexibility index (Phi) is 8.39. The smallest absolute Gasteiger partial charge is 0.339 e. The Morgan fingerprint density at radius 1 is 0.882 bits per heavy atom. The molecule has 2 aromatic rings. The summed E-state index contributed by atoms with van der Waals surface area (Å²) in [5.41, 5.74) is -0.606. The molecule has 2 rings (SSSR count). The molecule has 10 heteroatoms. The lowest BCUT2D eigenvalue weighted by Gasteiger charge is -2.32. The molecule has 34 heavy (non-hydrogen) atoms. The molecule has 0 aliphatic heterocycles. The van der Waals surface area contributed by atoms with Crippen LogP contribution in [0.1, 0.15) is 40.9 Å². The van der Waals surface area contributed by atoms with Crippen LogP contribution in [-0.2, 0) is 11.0 Å². The number of hydrogen-bond donors (Lipinski definition) is 3. The third-order valence-corrected chi connectivity index (χ3v) is 4.79. The van der Waals surface area contributed by atoms with E-state index in [2.05, 4.69) is 29.0 Å². The Balaban J connectivity index is 2.09. The van der Waals surface area contributed by atoms with Crippen LogP contribution < -0.4 is 10.8 Å². The minimum absolute atomic E-state index is 0.0576. The number of halogens is 5. The molecule has 3 N–H and O–H groups in total. The van der Waals surface area contributed by atoms with Crippen molar-refractivity contribution in [2.24, 2.45) is 5.41 Å². The summed E-state index contributed by atoms with van der Waals surface area (Å²) >= 11 is 0. The predicted molar refractivity (Wildman–Crippen MR) is 113 cm³/mol. The predicted octanol–water partition coefficient (Wildman–Crippen LogP) is 4.00.